The Balaban J connectivity index is 1.69. The van der Waals surface area contributed by atoms with Crippen LogP contribution in [0.4, 0.5) is 0 Å². The van der Waals surface area contributed by atoms with E-state index < -0.39 is 0 Å². The van der Waals surface area contributed by atoms with Crippen LogP contribution >= 0.6 is 0 Å². The summed E-state index contributed by atoms with van der Waals surface area (Å²) >= 11 is 0. The molecule has 2 heterocycles. The Morgan fingerprint density at radius 3 is 2.81 bits per heavy atom. The van der Waals surface area contributed by atoms with Gasteiger partial charge in [-0.3, -0.25) is 4.79 Å². The molecule has 3 atom stereocenters. The molecule has 90 valence electrons. The Hall–Kier alpha value is -0.610. The topological polar surface area (TPSA) is 55.6 Å². The van der Waals surface area contributed by atoms with Gasteiger partial charge in [0.25, 0.3) is 0 Å². The van der Waals surface area contributed by atoms with Crippen LogP contribution in [0.5, 0.6) is 0 Å². The molecule has 0 bridgehead atoms. The van der Waals surface area contributed by atoms with Crippen LogP contribution in [0.25, 0.3) is 0 Å². The SMILES string of the molecule is NCC1CC(=O)N(C2CCOC2C2CC2)C1. The van der Waals surface area contributed by atoms with E-state index in [9.17, 15) is 4.79 Å². The van der Waals surface area contributed by atoms with Crippen LogP contribution < -0.4 is 5.73 Å². The van der Waals surface area contributed by atoms with Crippen LogP contribution in [0.3, 0.4) is 0 Å². The standard InChI is InChI=1S/C12H20N2O2/c13-6-8-5-11(15)14(7-8)10-3-4-16-12(10)9-1-2-9/h8-10,12H,1-7,13H2. The number of nitrogens with zero attached hydrogens (tertiary/aromatic N) is 1. The highest BCUT2D eigenvalue weighted by molar-refractivity contribution is 5.79. The molecule has 3 fully saturated rings. The molecule has 0 aromatic rings. The minimum absolute atomic E-state index is 0.289. The van der Waals surface area contributed by atoms with Crippen LogP contribution in [-0.2, 0) is 9.53 Å². The third kappa shape index (κ3) is 1.74. The molecule has 1 aliphatic carbocycles. The number of carbonyl (C=O) groups is 1. The molecular formula is C12H20N2O2. The molecule has 3 unspecified atom stereocenters. The van der Waals surface area contributed by atoms with Gasteiger partial charge in [0, 0.05) is 19.6 Å². The van der Waals surface area contributed by atoms with Gasteiger partial charge in [-0.05, 0) is 37.6 Å². The number of amides is 1. The molecule has 0 aromatic carbocycles. The number of rotatable bonds is 3. The number of likely N-dealkylation sites (tertiary alicyclic amines) is 1. The molecule has 0 radical (unpaired) electrons. The number of carbonyl (C=O) groups excluding carboxylic acids is 1. The Bertz CT molecular complexity index is 291. The van der Waals surface area contributed by atoms with E-state index in [1.807, 2.05) is 4.90 Å². The van der Waals surface area contributed by atoms with Gasteiger partial charge in [0.15, 0.2) is 0 Å². The van der Waals surface area contributed by atoms with Gasteiger partial charge in [-0.15, -0.1) is 0 Å². The number of nitrogens with two attached hydrogens (primary N) is 1. The minimum Gasteiger partial charge on any atom is -0.376 e. The van der Waals surface area contributed by atoms with Gasteiger partial charge in [-0.25, -0.2) is 0 Å². The lowest BCUT2D eigenvalue weighted by Gasteiger charge is -2.28. The first-order valence-corrected chi connectivity index (χ1v) is 6.40. The molecule has 2 aliphatic heterocycles. The van der Waals surface area contributed by atoms with Gasteiger partial charge in [0.1, 0.15) is 0 Å². The van der Waals surface area contributed by atoms with E-state index in [-0.39, 0.29) is 5.91 Å². The normalized spacial score (nSPS) is 39.7. The van der Waals surface area contributed by atoms with E-state index in [2.05, 4.69) is 0 Å². The second-order valence-electron chi connectivity index (χ2n) is 5.38. The zero-order chi connectivity index (χ0) is 11.1. The first kappa shape index (κ1) is 10.5. The smallest absolute Gasteiger partial charge is 0.223 e. The largest absolute Gasteiger partial charge is 0.376 e. The van der Waals surface area contributed by atoms with Gasteiger partial charge >= 0.3 is 0 Å². The van der Waals surface area contributed by atoms with Gasteiger partial charge in [0.2, 0.25) is 5.91 Å². The molecule has 3 aliphatic rings. The summed E-state index contributed by atoms with van der Waals surface area (Å²) in [6, 6.07) is 0.344. The zero-order valence-electron chi connectivity index (χ0n) is 9.60. The summed E-state index contributed by atoms with van der Waals surface area (Å²) in [5.74, 6) is 1.38. The van der Waals surface area contributed by atoms with Crippen LogP contribution in [0.15, 0.2) is 0 Å². The van der Waals surface area contributed by atoms with Crippen molar-refractivity contribution < 1.29 is 9.53 Å². The van der Waals surface area contributed by atoms with Crippen molar-refractivity contribution in [2.24, 2.45) is 17.6 Å². The monoisotopic (exact) mass is 224 g/mol. The summed E-state index contributed by atoms with van der Waals surface area (Å²) in [4.78, 5) is 14.0. The number of ether oxygens (including phenoxy) is 1. The molecule has 4 nitrogen and oxygen atoms in total. The summed E-state index contributed by atoms with van der Waals surface area (Å²) in [5, 5.41) is 0. The molecule has 3 rings (SSSR count). The molecular weight excluding hydrogens is 204 g/mol. The van der Waals surface area contributed by atoms with E-state index in [1.165, 1.54) is 12.8 Å². The van der Waals surface area contributed by atoms with Crippen LogP contribution in [-0.4, -0.2) is 42.6 Å². The quantitative estimate of drug-likeness (QED) is 0.753. The summed E-state index contributed by atoms with van der Waals surface area (Å²) in [5.41, 5.74) is 5.65. The minimum atomic E-state index is 0.289. The van der Waals surface area contributed by atoms with Crippen molar-refractivity contribution >= 4 is 5.91 Å². The summed E-state index contributed by atoms with van der Waals surface area (Å²) in [7, 11) is 0. The predicted octanol–water partition coefficient (Wildman–Crippen LogP) is 0.361. The number of hydrogen-bond acceptors (Lipinski definition) is 3. The Labute approximate surface area is 96.1 Å². The van der Waals surface area contributed by atoms with Crippen molar-refractivity contribution in [2.45, 2.75) is 37.8 Å². The molecule has 1 amide bonds. The fourth-order valence-electron chi connectivity index (χ4n) is 3.10. The average Bonchev–Trinajstić information content (AvgIpc) is 2.89. The Kier molecular flexibility index (Phi) is 2.64. The lowest BCUT2D eigenvalue weighted by atomic mass is 10.0. The van der Waals surface area contributed by atoms with Crippen molar-refractivity contribution in [3.8, 4) is 0 Å². The van der Waals surface area contributed by atoms with Crippen LogP contribution in [0.2, 0.25) is 0 Å². The van der Waals surface area contributed by atoms with E-state index in [0.29, 0.717) is 31.0 Å². The maximum atomic E-state index is 11.9. The molecule has 2 N–H and O–H groups in total. The van der Waals surface area contributed by atoms with E-state index in [1.54, 1.807) is 0 Å². The lowest BCUT2D eigenvalue weighted by Crippen LogP contribution is -2.43. The maximum Gasteiger partial charge on any atom is 0.223 e. The summed E-state index contributed by atoms with van der Waals surface area (Å²) in [6.45, 7) is 2.30. The molecule has 1 saturated carbocycles. The molecule has 2 saturated heterocycles. The van der Waals surface area contributed by atoms with Crippen molar-refractivity contribution in [3.63, 3.8) is 0 Å². The second kappa shape index (κ2) is 4.00. The number of hydrogen-bond donors (Lipinski definition) is 1. The Morgan fingerprint density at radius 1 is 1.38 bits per heavy atom. The second-order valence-corrected chi connectivity index (χ2v) is 5.38. The first-order chi connectivity index (χ1) is 7.79. The van der Waals surface area contributed by atoms with Crippen molar-refractivity contribution in [1.82, 2.24) is 4.90 Å². The van der Waals surface area contributed by atoms with E-state index >= 15 is 0 Å². The van der Waals surface area contributed by atoms with E-state index in [4.69, 9.17) is 10.5 Å². The summed E-state index contributed by atoms with van der Waals surface area (Å²) < 4.78 is 5.79. The molecule has 0 aromatic heterocycles. The lowest BCUT2D eigenvalue weighted by molar-refractivity contribution is -0.130. The third-order valence-electron chi connectivity index (χ3n) is 4.16. The first-order valence-electron chi connectivity index (χ1n) is 6.40. The molecule has 4 heteroatoms. The maximum absolute atomic E-state index is 11.9. The zero-order valence-corrected chi connectivity index (χ0v) is 9.60. The molecule has 0 spiro atoms. The Morgan fingerprint density at radius 2 is 2.19 bits per heavy atom. The van der Waals surface area contributed by atoms with Gasteiger partial charge in [-0.1, -0.05) is 0 Å². The van der Waals surface area contributed by atoms with Crippen molar-refractivity contribution in [1.29, 1.82) is 0 Å². The van der Waals surface area contributed by atoms with Crippen molar-refractivity contribution in [2.75, 3.05) is 19.7 Å². The highest BCUT2D eigenvalue weighted by Gasteiger charge is 2.46. The fourth-order valence-corrected chi connectivity index (χ4v) is 3.10. The predicted molar refractivity (Wildman–Crippen MR) is 59.7 cm³/mol. The summed E-state index contributed by atoms with van der Waals surface area (Å²) in [6.07, 6.45) is 4.54. The van der Waals surface area contributed by atoms with Gasteiger partial charge in [-0.2, -0.15) is 0 Å². The van der Waals surface area contributed by atoms with Crippen LogP contribution in [0, 0.1) is 11.8 Å². The fraction of sp³-hybridized carbons (Fsp3) is 0.917. The van der Waals surface area contributed by atoms with Gasteiger partial charge < -0.3 is 15.4 Å². The van der Waals surface area contributed by atoms with Gasteiger partial charge in [0.05, 0.1) is 12.1 Å². The molecule has 16 heavy (non-hydrogen) atoms. The van der Waals surface area contributed by atoms with Crippen molar-refractivity contribution in [3.05, 3.63) is 0 Å². The highest BCUT2D eigenvalue weighted by atomic mass is 16.5. The highest BCUT2D eigenvalue weighted by Crippen LogP contribution is 2.41. The van der Waals surface area contributed by atoms with Crippen LogP contribution in [0.1, 0.15) is 25.7 Å². The average molecular weight is 224 g/mol. The van der Waals surface area contributed by atoms with E-state index in [0.717, 1.165) is 25.5 Å². The third-order valence-corrected chi connectivity index (χ3v) is 4.16.